The topological polar surface area (TPSA) is 29.5 Å². The lowest BCUT2D eigenvalue weighted by molar-refractivity contribution is -0.105. The van der Waals surface area contributed by atoms with Crippen LogP contribution in [0, 0.1) is 0 Å². The molecule has 1 aliphatic rings. The molecule has 0 aliphatic carbocycles. The van der Waals surface area contributed by atoms with E-state index in [2.05, 4.69) is 51.7 Å². The van der Waals surface area contributed by atoms with Gasteiger partial charge in [0.25, 0.3) is 0 Å². The van der Waals surface area contributed by atoms with Crippen LogP contribution in [0.5, 0.6) is 0 Å². The molecule has 2 atom stereocenters. The van der Waals surface area contributed by atoms with Crippen LogP contribution < -0.4 is 0 Å². The maximum absolute atomic E-state index is 10.8. The summed E-state index contributed by atoms with van der Waals surface area (Å²) in [5.41, 5.74) is 0.680. The van der Waals surface area contributed by atoms with Gasteiger partial charge in [-0.05, 0) is 46.3 Å². The van der Waals surface area contributed by atoms with Gasteiger partial charge < -0.3 is 4.74 Å². The summed E-state index contributed by atoms with van der Waals surface area (Å²) in [6.45, 7) is 10.7. The highest BCUT2D eigenvalue weighted by Gasteiger charge is 2.50. The van der Waals surface area contributed by atoms with E-state index >= 15 is 0 Å². The summed E-state index contributed by atoms with van der Waals surface area (Å²) in [6, 6.07) is 10.2. The van der Waals surface area contributed by atoms with Crippen molar-refractivity contribution in [1.82, 2.24) is 4.90 Å². The predicted molar refractivity (Wildman–Crippen MR) is 84.9 cm³/mol. The van der Waals surface area contributed by atoms with Crippen LogP contribution in [-0.2, 0) is 9.53 Å². The fourth-order valence-corrected chi connectivity index (χ4v) is 3.44. The first-order chi connectivity index (χ1) is 9.77. The largest absolute Gasteiger partial charge is 0.351 e. The standard InChI is InChI=1S/C18H25NO2/c1-17(2,3)19-15(12-9-13-20)16(21-18(19,4)5)14-10-7-6-8-11-14/h6-13,15-16H,1-5H3/b12-9+/t15-,16-/m1/s1. The highest BCUT2D eigenvalue weighted by Crippen LogP contribution is 2.45. The molecule has 1 aromatic carbocycles. The van der Waals surface area contributed by atoms with Crippen molar-refractivity contribution in [2.24, 2.45) is 0 Å². The first-order valence-corrected chi connectivity index (χ1v) is 7.41. The Morgan fingerprint density at radius 3 is 2.33 bits per heavy atom. The zero-order valence-corrected chi connectivity index (χ0v) is 13.5. The van der Waals surface area contributed by atoms with Gasteiger partial charge in [-0.25, -0.2) is 0 Å². The fourth-order valence-electron chi connectivity index (χ4n) is 3.44. The molecule has 1 aromatic rings. The highest BCUT2D eigenvalue weighted by atomic mass is 16.5. The number of rotatable bonds is 3. The number of allylic oxidation sites excluding steroid dienone is 1. The predicted octanol–water partition coefficient (Wildman–Crippen LogP) is 3.72. The molecular formula is C18H25NO2. The number of nitrogens with zero attached hydrogens (tertiary/aromatic N) is 1. The molecule has 0 saturated carbocycles. The third kappa shape index (κ3) is 3.25. The van der Waals surface area contributed by atoms with Crippen molar-refractivity contribution in [3.05, 3.63) is 48.0 Å². The number of hydrogen-bond acceptors (Lipinski definition) is 3. The number of ether oxygens (including phenoxy) is 1. The van der Waals surface area contributed by atoms with E-state index in [0.717, 1.165) is 11.8 Å². The van der Waals surface area contributed by atoms with Crippen molar-refractivity contribution < 1.29 is 9.53 Å². The lowest BCUT2D eigenvalue weighted by Crippen LogP contribution is -2.54. The van der Waals surface area contributed by atoms with Gasteiger partial charge in [-0.2, -0.15) is 0 Å². The van der Waals surface area contributed by atoms with Crippen LogP contribution in [0.4, 0.5) is 0 Å². The van der Waals surface area contributed by atoms with E-state index in [1.165, 1.54) is 0 Å². The Kier molecular flexibility index (Phi) is 4.35. The van der Waals surface area contributed by atoms with Gasteiger partial charge in [0.15, 0.2) is 0 Å². The van der Waals surface area contributed by atoms with Gasteiger partial charge in [0, 0.05) is 5.54 Å². The summed E-state index contributed by atoms with van der Waals surface area (Å²) < 4.78 is 6.34. The summed E-state index contributed by atoms with van der Waals surface area (Å²) in [5, 5.41) is 0. The van der Waals surface area contributed by atoms with Crippen LogP contribution in [0.2, 0.25) is 0 Å². The number of carbonyl (C=O) groups excluding carboxylic acids is 1. The van der Waals surface area contributed by atoms with Gasteiger partial charge in [0.2, 0.25) is 0 Å². The Morgan fingerprint density at radius 1 is 1.19 bits per heavy atom. The van der Waals surface area contributed by atoms with Crippen LogP contribution in [0.25, 0.3) is 0 Å². The number of carbonyl (C=O) groups is 1. The highest BCUT2D eigenvalue weighted by molar-refractivity contribution is 5.65. The Labute approximate surface area is 127 Å². The molecule has 114 valence electrons. The molecule has 0 amide bonds. The minimum Gasteiger partial charge on any atom is -0.351 e. The first kappa shape index (κ1) is 15.9. The Bertz CT molecular complexity index is 514. The molecule has 0 N–H and O–H groups in total. The first-order valence-electron chi connectivity index (χ1n) is 7.41. The van der Waals surface area contributed by atoms with Crippen LogP contribution in [0.3, 0.4) is 0 Å². The van der Waals surface area contributed by atoms with Crippen molar-refractivity contribution in [2.45, 2.75) is 58.0 Å². The molecule has 3 nitrogen and oxygen atoms in total. The lowest BCUT2D eigenvalue weighted by Gasteiger charge is -2.43. The molecule has 1 fully saturated rings. The Hall–Kier alpha value is -1.45. The zero-order chi connectivity index (χ0) is 15.7. The average Bonchev–Trinajstić information content (AvgIpc) is 2.68. The molecule has 2 rings (SSSR count). The van der Waals surface area contributed by atoms with Gasteiger partial charge in [-0.15, -0.1) is 0 Å². The summed E-state index contributed by atoms with van der Waals surface area (Å²) in [6.07, 6.45) is 4.28. The SMILES string of the molecule is CC(C)(C)N1[C@H](/C=C/C=O)[C@@H](c2ccccc2)OC1(C)C. The second-order valence-electron chi connectivity index (χ2n) is 6.95. The summed E-state index contributed by atoms with van der Waals surface area (Å²) >= 11 is 0. The van der Waals surface area contributed by atoms with Gasteiger partial charge >= 0.3 is 0 Å². The van der Waals surface area contributed by atoms with Crippen LogP contribution >= 0.6 is 0 Å². The van der Waals surface area contributed by atoms with Crippen molar-refractivity contribution >= 4 is 6.29 Å². The van der Waals surface area contributed by atoms with Gasteiger partial charge in [0.1, 0.15) is 18.1 Å². The maximum atomic E-state index is 10.8. The molecule has 0 aromatic heterocycles. The molecule has 0 radical (unpaired) electrons. The quantitative estimate of drug-likeness (QED) is 0.627. The molecule has 1 heterocycles. The zero-order valence-electron chi connectivity index (χ0n) is 13.5. The van der Waals surface area contributed by atoms with Gasteiger partial charge in [-0.3, -0.25) is 9.69 Å². The molecule has 0 bridgehead atoms. The number of aldehydes is 1. The second-order valence-corrected chi connectivity index (χ2v) is 6.95. The molecule has 0 unspecified atom stereocenters. The molecule has 1 saturated heterocycles. The molecule has 3 heteroatoms. The number of benzene rings is 1. The summed E-state index contributed by atoms with van der Waals surface area (Å²) in [5.74, 6) is 0. The fraction of sp³-hybridized carbons (Fsp3) is 0.500. The van der Waals surface area contributed by atoms with Crippen LogP contribution in [0.1, 0.15) is 46.3 Å². The summed E-state index contributed by atoms with van der Waals surface area (Å²) in [4.78, 5) is 13.1. The monoisotopic (exact) mass is 287 g/mol. The van der Waals surface area contributed by atoms with Gasteiger partial charge in [-0.1, -0.05) is 36.4 Å². The summed E-state index contributed by atoms with van der Waals surface area (Å²) in [7, 11) is 0. The van der Waals surface area contributed by atoms with E-state index < -0.39 is 5.72 Å². The number of hydrogen-bond donors (Lipinski definition) is 0. The Morgan fingerprint density at radius 2 is 1.81 bits per heavy atom. The molecule has 0 spiro atoms. The van der Waals surface area contributed by atoms with E-state index in [1.807, 2.05) is 24.3 Å². The van der Waals surface area contributed by atoms with Crippen molar-refractivity contribution in [3.8, 4) is 0 Å². The van der Waals surface area contributed by atoms with Crippen molar-refractivity contribution in [1.29, 1.82) is 0 Å². The third-order valence-electron chi connectivity index (χ3n) is 3.84. The second kappa shape index (κ2) is 5.74. The molecule has 1 aliphatic heterocycles. The molecular weight excluding hydrogens is 262 g/mol. The van der Waals surface area contributed by atoms with Gasteiger partial charge in [0.05, 0.1) is 6.04 Å². The molecule has 21 heavy (non-hydrogen) atoms. The van der Waals surface area contributed by atoms with Crippen molar-refractivity contribution in [2.75, 3.05) is 0 Å². The lowest BCUT2D eigenvalue weighted by atomic mass is 9.95. The van der Waals surface area contributed by atoms with E-state index in [1.54, 1.807) is 6.08 Å². The third-order valence-corrected chi connectivity index (χ3v) is 3.84. The minimum atomic E-state index is -0.392. The minimum absolute atomic E-state index is 0.0348. The van der Waals surface area contributed by atoms with Crippen molar-refractivity contribution in [3.63, 3.8) is 0 Å². The van der Waals surface area contributed by atoms with E-state index in [4.69, 9.17) is 4.74 Å². The Balaban J connectivity index is 2.46. The maximum Gasteiger partial charge on any atom is 0.142 e. The average molecular weight is 287 g/mol. The van der Waals surface area contributed by atoms with E-state index in [9.17, 15) is 4.79 Å². The van der Waals surface area contributed by atoms with E-state index in [-0.39, 0.29) is 17.7 Å². The van der Waals surface area contributed by atoms with Crippen LogP contribution in [0.15, 0.2) is 42.5 Å². The smallest absolute Gasteiger partial charge is 0.142 e. The van der Waals surface area contributed by atoms with Crippen LogP contribution in [-0.4, -0.2) is 28.5 Å². The normalized spacial score (nSPS) is 26.3. The van der Waals surface area contributed by atoms with E-state index in [0.29, 0.717) is 0 Å².